The van der Waals surface area contributed by atoms with Crippen LogP contribution in [-0.4, -0.2) is 47.0 Å². The van der Waals surface area contributed by atoms with Crippen LogP contribution in [0.4, 0.5) is 0 Å². The second-order valence-electron chi connectivity index (χ2n) is 7.04. The molecule has 0 unspecified atom stereocenters. The molecule has 1 aliphatic rings. The van der Waals surface area contributed by atoms with Crippen molar-refractivity contribution in [3.8, 4) is 5.88 Å². The van der Waals surface area contributed by atoms with Gasteiger partial charge in [-0.2, -0.15) is 4.31 Å². The van der Waals surface area contributed by atoms with E-state index in [0.29, 0.717) is 31.5 Å². The maximum absolute atomic E-state index is 12.8. The van der Waals surface area contributed by atoms with E-state index in [1.807, 2.05) is 37.5 Å². The first-order chi connectivity index (χ1) is 12.4. The van der Waals surface area contributed by atoms with Crippen molar-refractivity contribution in [3.05, 3.63) is 36.4 Å². The molecule has 2 aromatic rings. The second kappa shape index (κ2) is 7.75. The standard InChI is InChI=1S/C18H26N4O3S/c1-14(2)21-11-17(20-13-21)26(23,24)22-9-6-16(7-10-22)12-25-18-15(3)5-4-8-19-18/h4-5,8,11,13-14,16H,6-7,9-10,12H2,1-3H3. The fourth-order valence-electron chi connectivity index (χ4n) is 3.00. The van der Waals surface area contributed by atoms with Gasteiger partial charge in [-0.05, 0) is 45.6 Å². The highest BCUT2D eigenvalue weighted by atomic mass is 32.2. The number of sulfonamides is 1. The van der Waals surface area contributed by atoms with Crippen molar-refractivity contribution in [2.45, 2.75) is 44.7 Å². The minimum absolute atomic E-state index is 0.130. The molecule has 3 heterocycles. The third kappa shape index (κ3) is 4.07. The predicted molar refractivity (Wildman–Crippen MR) is 98.6 cm³/mol. The number of nitrogens with zero attached hydrogens (tertiary/aromatic N) is 4. The fourth-order valence-corrected chi connectivity index (χ4v) is 4.39. The van der Waals surface area contributed by atoms with Gasteiger partial charge in [0.05, 0.1) is 12.9 Å². The first-order valence-corrected chi connectivity index (χ1v) is 10.4. The zero-order valence-electron chi connectivity index (χ0n) is 15.5. The zero-order valence-corrected chi connectivity index (χ0v) is 16.3. The number of rotatable bonds is 6. The van der Waals surface area contributed by atoms with Crippen molar-refractivity contribution in [2.75, 3.05) is 19.7 Å². The lowest BCUT2D eigenvalue weighted by Gasteiger charge is -2.30. The van der Waals surface area contributed by atoms with Crippen molar-refractivity contribution in [1.29, 1.82) is 0 Å². The summed E-state index contributed by atoms with van der Waals surface area (Å²) >= 11 is 0. The molecule has 1 fully saturated rings. The van der Waals surface area contributed by atoms with E-state index in [9.17, 15) is 8.42 Å². The molecule has 0 saturated carbocycles. The minimum Gasteiger partial charge on any atom is -0.477 e. The van der Waals surface area contributed by atoms with Gasteiger partial charge in [-0.25, -0.2) is 18.4 Å². The van der Waals surface area contributed by atoms with Crippen LogP contribution in [0.15, 0.2) is 35.9 Å². The van der Waals surface area contributed by atoms with Crippen LogP contribution < -0.4 is 4.74 Å². The number of hydrogen-bond acceptors (Lipinski definition) is 5. The molecule has 0 radical (unpaired) electrons. The molecule has 0 aliphatic carbocycles. The van der Waals surface area contributed by atoms with Crippen molar-refractivity contribution in [2.24, 2.45) is 5.92 Å². The van der Waals surface area contributed by atoms with Crippen LogP contribution in [0.3, 0.4) is 0 Å². The van der Waals surface area contributed by atoms with Gasteiger partial charge in [0.1, 0.15) is 0 Å². The Morgan fingerprint density at radius 3 is 2.62 bits per heavy atom. The van der Waals surface area contributed by atoms with Crippen LogP contribution in [0, 0.1) is 12.8 Å². The first kappa shape index (κ1) is 18.8. The summed E-state index contributed by atoms with van der Waals surface area (Å²) in [6.45, 7) is 7.50. The number of pyridine rings is 1. The summed E-state index contributed by atoms with van der Waals surface area (Å²) in [6.07, 6.45) is 6.45. The average molecular weight is 378 g/mol. The molecule has 0 aromatic carbocycles. The Morgan fingerprint density at radius 2 is 2.00 bits per heavy atom. The summed E-state index contributed by atoms with van der Waals surface area (Å²) < 4.78 is 34.7. The van der Waals surface area contributed by atoms with Crippen LogP contribution in [0.5, 0.6) is 5.88 Å². The summed E-state index contributed by atoms with van der Waals surface area (Å²) in [5.41, 5.74) is 1.01. The fraction of sp³-hybridized carbons (Fsp3) is 0.556. The molecule has 7 nitrogen and oxygen atoms in total. The van der Waals surface area contributed by atoms with Gasteiger partial charge in [0.15, 0.2) is 5.03 Å². The Labute approximate surface area is 155 Å². The molecule has 8 heteroatoms. The summed E-state index contributed by atoms with van der Waals surface area (Å²) in [6, 6.07) is 4.03. The minimum atomic E-state index is -3.52. The number of imidazole rings is 1. The zero-order chi connectivity index (χ0) is 18.7. The Kier molecular flexibility index (Phi) is 5.62. The third-order valence-electron chi connectivity index (χ3n) is 4.77. The van der Waals surface area contributed by atoms with Gasteiger partial charge in [-0.15, -0.1) is 0 Å². The van der Waals surface area contributed by atoms with E-state index in [1.165, 1.54) is 4.31 Å². The Hall–Kier alpha value is -1.93. The molecule has 0 N–H and O–H groups in total. The normalized spacial score (nSPS) is 16.9. The highest BCUT2D eigenvalue weighted by Gasteiger charge is 2.31. The molecule has 1 aliphatic heterocycles. The lowest BCUT2D eigenvalue weighted by Crippen LogP contribution is -2.39. The topological polar surface area (TPSA) is 77.3 Å². The Morgan fingerprint density at radius 1 is 1.27 bits per heavy atom. The Balaban J connectivity index is 1.56. The van der Waals surface area contributed by atoms with E-state index in [4.69, 9.17) is 4.74 Å². The van der Waals surface area contributed by atoms with Crippen LogP contribution in [0.2, 0.25) is 0 Å². The van der Waals surface area contributed by atoms with Crippen LogP contribution in [0.1, 0.15) is 38.3 Å². The van der Waals surface area contributed by atoms with E-state index in [0.717, 1.165) is 18.4 Å². The van der Waals surface area contributed by atoms with E-state index >= 15 is 0 Å². The smallest absolute Gasteiger partial charge is 0.262 e. The van der Waals surface area contributed by atoms with Crippen LogP contribution in [0.25, 0.3) is 0 Å². The molecular weight excluding hydrogens is 352 g/mol. The quantitative estimate of drug-likeness (QED) is 0.772. The van der Waals surface area contributed by atoms with Crippen molar-refractivity contribution in [1.82, 2.24) is 18.8 Å². The molecule has 2 aromatic heterocycles. The highest BCUT2D eigenvalue weighted by Crippen LogP contribution is 2.24. The lowest BCUT2D eigenvalue weighted by molar-refractivity contribution is 0.180. The second-order valence-corrected chi connectivity index (χ2v) is 8.92. The maximum Gasteiger partial charge on any atom is 0.262 e. The van der Waals surface area contributed by atoms with E-state index < -0.39 is 10.0 Å². The molecule has 142 valence electrons. The van der Waals surface area contributed by atoms with Crippen molar-refractivity contribution >= 4 is 10.0 Å². The molecule has 26 heavy (non-hydrogen) atoms. The van der Waals surface area contributed by atoms with E-state index in [2.05, 4.69) is 9.97 Å². The summed E-state index contributed by atoms with van der Waals surface area (Å²) in [7, 11) is -3.52. The summed E-state index contributed by atoms with van der Waals surface area (Å²) in [4.78, 5) is 8.32. The summed E-state index contributed by atoms with van der Waals surface area (Å²) in [5.74, 6) is 0.984. The SMILES string of the molecule is Cc1cccnc1OCC1CCN(S(=O)(=O)c2cn(C(C)C)cn2)CC1. The molecule has 0 amide bonds. The molecule has 0 bridgehead atoms. The largest absolute Gasteiger partial charge is 0.477 e. The number of aryl methyl sites for hydroxylation is 1. The predicted octanol–water partition coefficient (Wildman–Crippen LogP) is 2.65. The van der Waals surface area contributed by atoms with Gasteiger partial charge in [0.2, 0.25) is 5.88 Å². The molecule has 3 rings (SSSR count). The van der Waals surface area contributed by atoms with E-state index in [1.54, 1.807) is 18.7 Å². The van der Waals surface area contributed by atoms with Gasteiger partial charge in [0.25, 0.3) is 10.0 Å². The van der Waals surface area contributed by atoms with Gasteiger partial charge in [0, 0.05) is 37.1 Å². The maximum atomic E-state index is 12.8. The van der Waals surface area contributed by atoms with Crippen molar-refractivity contribution in [3.63, 3.8) is 0 Å². The lowest BCUT2D eigenvalue weighted by atomic mass is 9.99. The van der Waals surface area contributed by atoms with Gasteiger partial charge < -0.3 is 9.30 Å². The van der Waals surface area contributed by atoms with Gasteiger partial charge >= 0.3 is 0 Å². The average Bonchev–Trinajstić information content (AvgIpc) is 3.13. The third-order valence-corrected chi connectivity index (χ3v) is 6.55. The number of ether oxygens (including phenoxy) is 1. The monoisotopic (exact) mass is 378 g/mol. The number of hydrogen-bond donors (Lipinski definition) is 0. The van der Waals surface area contributed by atoms with Gasteiger partial charge in [-0.3, -0.25) is 0 Å². The number of piperidine rings is 1. The molecule has 0 spiro atoms. The molecule has 1 saturated heterocycles. The molecular formula is C18H26N4O3S. The first-order valence-electron chi connectivity index (χ1n) is 8.96. The van der Waals surface area contributed by atoms with E-state index in [-0.39, 0.29) is 11.1 Å². The Bertz CT molecular complexity index is 840. The molecule has 0 atom stereocenters. The van der Waals surface area contributed by atoms with Crippen LogP contribution in [-0.2, 0) is 10.0 Å². The van der Waals surface area contributed by atoms with Crippen LogP contribution >= 0.6 is 0 Å². The van der Waals surface area contributed by atoms with Crippen molar-refractivity contribution < 1.29 is 13.2 Å². The number of aromatic nitrogens is 3. The summed E-state index contributed by atoms with van der Waals surface area (Å²) in [5, 5.41) is 0.130. The van der Waals surface area contributed by atoms with Gasteiger partial charge in [-0.1, -0.05) is 6.07 Å². The highest BCUT2D eigenvalue weighted by molar-refractivity contribution is 7.89.